The van der Waals surface area contributed by atoms with Crippen LogP contribution in [-0.2, 0) is 16.1 Å². The van der Waals surface area contributed by atoms with Gasteiger partial charge in [0.1, 0.15) is 6.54 Å². The fourth-order valence-corrected chi connectivity index (χ4v) is 3.07. The standard InChI is InChI=1S/C20H23N3O6/c1-27-16-12-14(20(26)22-7-9-29-10-8-22)11-15(19(16)28-2)21-17(24)13-23-6-4-3-5-18(23)25/h3-6,11-12H,7-10,13H2,1-2H3,(H,21,24). The molecule has 0 saturated carbocycles. The largest absolute Gasteiger partial charge is 0.493 e. The van der Waals surface area contributed by atoms with Gasteiger partial charge in [0.2, 0.25) is 5.91 Å². The third-order valence-corrected chi connectivity index (χ3v) is 4.51. The Bertz CT molecular complexity index is 949. The van der Waals surface area contributed by atoms with Crippen LogP contribution in [0.25, 0.3) is 0 Å². The Labute approximate surface area is 167 Å². The Morgan fingerprint density at radius 2 is 1.90 bits per heavy atom. The van der Waals surface area contributed by atoms with E-state index in [1.165, 1.54) is 31.0 Å². The van der Waals surface area contributed by atoms with Crippen molar-refractivity contribution in [2.24, 2.45) is 0 Å². The molecule has 2 heterocycles. The number of amides is 2. The highest BCUT2D eigenvalue weighted by Crippen LogP contribution is 2.37. The van der Waals surface area contributed by atoms with Crippen LogP contribution < -0.4 is 20.3 Å². The van der Waals surface area contributed by atoms with Crippen molar-refractivity contribution < 1.29 is 23.8 Å². The third-order valence-electron chi connectivity index (χ3n) is 4.51. The van der Waals surface area contributed by atoms with E-state index in [-0.39, 0.29) is 23.7 Å². The molecule has 0 spiro atoms. The fraction of sp³-hybridized carbons (Fsp3) is 0.350. The maximum absolute atomic E-state index is 12.9. The average Bonchev–Trinajstić information content (AvgIpc) is 2.74. The predicted molar refractivity (Wildman–Crippen MR) is 106 cm³/mol. The molecule has 1 fully saturated rings. The molecule has 0 radical (unpaired) electrons. The summed E-state index contributed by atoms with van der Waals surface area (Å²) < 4.78 is 17.3. The van der Waals surface area contributed by atoms with Crippen LogP contribution in [0.3, 0.4) is 0 Å². The number of ether oxygens (including phenoxy) is 3. The van der Waals surface area contributed by atoms with E-state index in [4.69, 9.17) is 14.2 Å². The summed E-state index contributed by atoms with van der Waals surface area (Å²) in [7, 11) is 2.90. The number of carbonyl (C=O) groups excluding carboxylic acids is 2. The first kappa shape index (κ1) is 20.4. The lowest BCUT2D eigenvalue weighted by Crippen LogP contribution is -2.40. The second-order valence-electron chi connectivity index (χ2n) is 6.38. The van der Waals surface area contributed by atoms with Gasteiger partial charge in [-0.1, -0.05) is 6.07 Å². The van der Waals surface area contributed by atoms with Crippen molar-refractivity contribution >= 4 is 17.5 Å². The number of nitrogens with zero attached hydrogens (tertiary/aromatic N) is 2. The lowest BCUT2D eigenvalue weighted by Gasteiger charge is -2.27. The lowest BCUT2D eigenvalue weighted by molar-refractivity contribution is -0.116. The molecule has 1 aromatic carbocycles. The van der Waals surface area contributed by atoms with Gasteiger partial charge in [-0.2, -0.15) is 0 Å². The zero-order valence-electron chi connectivity index (χ0n) is 16.3. The monoisotopic (exact) mass is 401 g/mol. The maximum atomic E-state index is 12.9. The number of hydrogen-bond acceptors (Lipinski definition) is 6. The molecule has 9 nitrogen and oxygen atoms in total. The molecule has 3 rings (SSSR count). The van der Waals surface area contributed by atoms with Crippen molar-refractivity contribution in [3.05, 3.63) is 52.4 Å². The van der Waals surface area contributed by atoms with E-state index >= 15 is 0 Å². The number of hydrogen-bond donors (Lipinski definition) is 1. The Morgan fingerprint density at radius 3 is 2.55 bits per heavy atom. The molecule has 2 aromatic rings. The molecule has 0 bridgehead atoms. The van der Waals surface area contributed by atoms with Gasteiger partial charge >= 0.3 is 0 Å². The first-order chi connectivity index (χ1) is 14.0. The molecule has 0 unspecified atom stereocenters. The molecular weight excluding hydrogens is 378 g/mol. The predicted octanol–water partition coefficient (Wildman–Crippen LogP) is 0.977. The van der Waals surface area contributed by atoms with Gasteiger partial charge < -0.3 is 29.0 Å². The summed E-state index contributed by atoms with van der Waals surface area (Å²) >= 11 is 0. The van der Waals surface area contributed by atoms with Crippen LogP contribution in [0.4, 0.5) is 5.69 Å². The highest BCUT2D eigenvalue weighted by Gasteiger charge is 2.23. The molecule has 1 N–H and O–H groups in total. The van der Waals surface area contributed by atoms with Gasteiger partial charge in [0.25, 0.3) is 11.5 Å². The second-order valence-corrected chi connectivity index (χ2v) is 6.38. The summed E-state index contributed by atoms with van der Waals surface area (Å²) in [6.07, 6.45) is 1.53. The molecule has 29 heavy (non-hydrogen) atoms. The van der Waals surface area contributed by atoms with Gasteiger partial charge in [0.05, 0.1) is 33.1 Å². The molecule has 1 aliphatic heterocycles. The van der Waals surface area contributed by atoms with Crippen LogP contribution in [0.15, 0.2) is 41.3 Å². The molecular formula is C20H23N3O6. The molecule has 0 aliphatic carbocycles. The van der Waals surface area contributed by atoms with Crippen LogP contribution in [0, 0.1) is 0 Å². The molecule has 1 aromatic heterocycles. The molecule has 1 saturated heterocycles. The van der Waals surface area contributed by atoms with Gasteiger partial charge in [-0.25, -0.2) is 0 Å². The molecule has 154 valence electrons. The number of anilines is 1. The first-order valence-electron chi connectivity index (χ1n) is 9.12. The topological polar surface area (TPSA) is 99.1 Å². The van der Waals surface area contributed by atoms with Crippen LogP contribution in [0.5, 0.6) is 11.5 Å². The number of rotatable bonds is 6. The van der Waals surface area contributed by atoms with Crippen molar-refractivity contribution in [1.82, 2.24) is 9.47 Å². The number of benzene rings is 1. The third kappa shape index (κ3) is 4.75. The first-order valence-corrected chi connectivity index (χ1v) is 9.12. The van der Waals surface area contributed by atoms with Crippen LogP contribution in [0.1, 0.15) is 10.4 Å². The Balaban J connectivity index is 1.87. The van der Waals surface area contributed by atoms with E-state index in [0.29, 0.717) is 43.4 Å². The minimum Gasteiger partial charge on any atom is -0.493 e. The summed E-state index contributed by atoms with van der Waals surface area (Å²) in [5, 5.41) is 2.71. The smallest absolute Gasteiger partial charge is 0.254 e. The second kappa shape index (κ2) is 9.24. The normalized spacial score (nSPS) is 13.7. The highest BCUT2D eigenvalue weighted by molar-refractivity contribution is 5.99. The van der Waals surface area contributed by atoms with Gasteiger partial charge in [-0.15, -0.1) is 0 Å². The van der Waals surface area contributed by atoms with Gasteiger partial charge in [-0.3, -0.25) is 14.4 Å². The van der Waals surface area contributed by atoms with E-state index in [9.17, 15) is 14.4 Å². The zero-order chi connectivity index (χ0) is 20.8. The van der Waals surface area contributed by atoms with Crippen LogP contribution >= 0.6 is 0 Å². The molecule has 2 amide bonds. The summed E-state index contributed by atoms with van der Waals surface area (Å²) in [5.74, 6) is -0.0165. The number of methoxy groups -OCH3 is 2. The Morgan fingerprint density at radius 1 is 1.14 bits per heavy atom. The van der Waals surface area contributed by atoms with Crippen LogP contribution in [-0.4, -0.2) is 61.8 Å². The number of morpholine rings is 1. The van der Waals surface area contributed by atoms with Crippen molar-refractivity contribution in [3.63, 3.8) is 0 Å². The van der Waals surface area contributed by atoms with Crippen molar-refractivity contribution in [3.8, 4) is 11.5 Å². The minimum absolute atomic E-state index is 0.174. The zero-order valence-corrected chi connectivity index (χ0v) is 16.3. The van der Waals surface area contributed by atoms with E-state index in [0.717, 1.165) is 0 Å². The Kier molecular flexibility index (Phi) is 6.50. The highest BCUT2D eigenvalue weighted by atomic mass is 16.5. The fourth-order valence-electron chi connectivity index (χ4n) is 3.07. The molecule has 9 heteroatoms. The SMILES string of the molecule is COc1cc(C(=O)N2CCOCC2)cc(NC(=O)Cn2ccccc2=O)c1OC. The van der Waals surface area contributed by atoms with Gasteiger partial charge in [0.15, 0.2) is 11.5 Å². The number of carbonyl (C=O) groups is 2. The Hall–Kier alpha value is -3.33. The molecule has 1 aliphatic rings. The van der Waals surface area contributed by atoms with Crippen molar-refractivity contribution in [1.29, 1.82) is 0 Å². The molecule has 0 atom stereocenters. The maximum Gasteiger partial charge on any atom is 0.254 e. The quantitative estimate of drug-likeness (QED) is 0.775. The number of pyridine rings is 1. The van der Waals surface area contributed by atoms with E-state index in [1.54, 1.807) is 29.2 Å². The number of aromatic nitrogens is 1. The summed E-state index contributed by atoms with van der Waals surface area (Å²) in [5.41, 5.74) is 0.359. The summed E-state index contributed by atoms with van der Waals surface area (Å²) in [6.45, 7) is 1.77. The van der Waals surface area contributed by atoms with Crippen molar-refractivity contribution in [2.75, 3.05) is 45.8 Å². The number of nitrogens with one attached hydrogen (secondary N) is 1. The summed E-state index contributed by atoms with van der Waals surface area (Å²) in [6, 6.07) is 7.77. The van der Waals surface area contributed by atoms with Gasteiger partial charge in [0, 0.05) is 30.9 Å². The van der Waals surface area contributed by atoms with E-state index in [1.807, 2.05) is 0 Å². The van der Waals surface area contributed by atoms with E-state index in [2.05, 4.69) is 5.32 Å². The average molecular weight is 401 g/mol. The van der Waals surface area contributed by atoms with Gasteiger partial charge in [-0.05, 0) is 18.2 Å². The summed E-state index contributed by atoms with van der Waals surface area (Å²) in [4.78, 5) is 38.9. The van der Waals surface area contributed by atoms with Crippen molar-refractivity contribution in [2.45, 2.75) is 6.54 Å². The van der Waals surface area contributed by atoms with Crippen LogP contribution in [0.2, 0.25) is 0 Å². The lowest BCUT2D eigenvalue weighted by atomic mass is 10.1. The minimum atomic E-state index is -0.436. The van der Waals surface area contributed by atoms with E-state index < -0.39 is 5.91 Å².